The molecule has 1 heterocycles. The quantitative estimate of drug-likeness (QED) is 0.852. The molecule has 5 nitrogen and oxygen atoms in total. The first-order valence-corrected chi connectivity index (χ1v) is 5.88. The number of hydrazone groups is 1. The molecule has 1 aromatic carbocycles. The summed E-state index contributed by atoms with van der Waals surface area (Å²) < 4.78 is 5.35. The Morgan fingerprint density at radius 3 is 2.67 bits per heavy atom. The summed E-state index contributed by atoms with van der Waals surface area (Å²) in [6.45, 7) is 4.26. The fourth-order valence-electron chi connectivity index (χ4n) is 2.08. The molecule has 0 aromatic heterocycles. The molecule has 0 amide bonds. The molecular formula is C13H16N2O3. The van der Waals surface area contributed by atoms with Crippen molar-refractivity contribution in [2.24, 2.45) is 11.0 Å². The molecule has 5 heteroatoms. The van der Waals surface area contributed by atoms with Gasteiger partial charge in [0.1, 0.15) is 11.7 Å². The highest BCUT2D eigenvalue weighted by Gasteiger charge is 2.36. The Morgan fingerprint density at radius 2 is 2.11 bits per heavy atom. The number of carboxylic acids is 1. The van der Waals surface area contributed by atoms with Crippen LogP contribution in [0.3, 0.4) is 0 Å². The van der Waals surface area contributed by atoms with Gasteiger partial charge < -0.3 is 15.3 Å². The number of rotatable bonds is 4. The minimum absolute atomic E-state index is 0.307. The average Bonchev–Trinajstić information content (AvgIpc) is 2.73. The zero-order chi connectivity index (χ0) is 13.1. The van der Waals surface area contributed by atoms with Gasteiger partial charge in [0.2, 0.25) is 0 Å². The first kappa shape index (κ1) is 12.4. The van der Waals surface area contributed by atoms with Gasteiger partial charge in [0, 0.05) is 0 Å². The second kappa shape index (κ2) is 5.08. The molecule has 0 saturated carbocycles. The Labute approximate surface area is 105 Å². The monoisotopic (exact) mass is 248 g/mol. The standard InChI is InChI=1S/C13H16N2O3/c1-3-18-10-6-4-9(5-7-10)12-11(13(16)17)8(2)14-15-12/h4-7,11-12,15H,3H2,1-2H3,(H,16,17). The molecule has 0 saturated heterocycles. The predicted molar refractivity (Wildman–Crippen MR) is 67.7 cm³/mol. The SMILES string of the molecule is CCOc1ccc(C2NN=C(C)C2C(=O)O)cc1. The average molecular weight is 248 g/mol. The lowest BCUT2D eigenvalue weighted by molar-refractivity contribution is -0.139. The van der Waals surface area contributed by atoms with Crippen molar-refractivity contribution in [1.82, 2.24) is 5.43 Å². The molecule has 2 atom stereocenters. The molecule has 0 fully saturated rings. The highest BCUT2D eigenvalue weighted by atomic mass is 16.5. The van der Waals surface area contributed by atoms with E-state index in [-0.39, 0.29) is 6.04 Å². The summed E-state index contributed by atoms with van der Waals surface area (Å²) in [4.78, 5) is 11.2. The number of ether oxygens (including phenoxy) is 1. The number of aliphatic carboxylic acids is 1. The normalized spacial score (nSPS) is 22.2. The summed E-state index contributed by atoms with van der Waals surface area (Å²) in [6.07, 6.45) is 0. The first-order valence-electron chi connectivity index (χ1n) is 5.88. The largest absolute Gasteiger partial charge is 0.494 e. The smallest absolute Gasteiger partial charge is 0.314 e. The van der Waals surface area contributed by atoms with Gasteiger partial charge in [0.15, 0.2) is 0 Å². The summed E-state index contributed by atoms with van der Waals surface area (Å²) in [5.41, 5.74) is 4.37. The van der Waals surface area contributed by atoms with Crippen LogP contribution in [-0.4, -0.2) is 23.4 Å². The number of hydrogen-bond acceptors (Lipinski definition) is 4. The van der Waals surface area contributed by atoms with E-state index in [1.165, 1.54) is 0 Å². The van der Waals surface area contributed by atoms with E-state index in [4.69, 9.17) is 4.74 Å². The van der Waals surface area contributed by atoms with Gasteiger partial charge in [0.05, 0.1) is 18.4 Å². The predicted octanol–water partition coefficient (Wildman–Crippen LogP) is 1.81. The van der Waals surface area contributed by atoms with Crippen molar-refractivity contribution in [1.29, 1.82) is 0 Å². The van der Waals surface area contributed by atoms with Crippen molar-refractivity contribution in [3.05, 3.63) is 29.8 Å². The number of nitrogens with zero attached hydrogens (tertiary/aromatic N) is 1. The summed E-state index contributed by atoms with van der Waals surface area (Å²) in [5.74, 6) is -0.688. The van der Waals surface area contributed by atoms with Crippen LogP contribution in [0.15, 0.2) is 29.4 Å². The number of carbonyl (C=O) groups is 1. The molecule has 2 unspecified atom stereocenters. The molecule has 18 heavy (non-hydrogen) atoms. The van der Waals surface area contributed by atoms with Crippen molar-refractivity contribution in [2.75, 3.05) is 6.61 Å². The molecule has 1 aliphatic rings. The van der Waals surface area contributed by atoms with Crippen molar-refractivity contribution in [3.8, 4) is 5.75 Å². The third kappa shape index (κ3) is 2.30. The molecule has 0 bridgehead atoms. The van der Waals surface area contributed by atoms with Gasteiger partial charge in [-0.1, -0.05) is 12.1 Å². The number of carboxylic acid groups (broad SMARTS) is 1. The van der Waals surface area contributed by atoms with Gasteiger partial charge in [-0.3, -0.25) is 4.79 Å². The van der Waals surface area contributed by atoms with Gasteiger partial charge in [-0.25, -0.2) is 0 Å². The Hall–Kier alpha value is -2.04. The van der Waals surface area contributed by atoms with Crippen LogP contribution in [0.4, 0.5) is 0 Å². The molecule has 0 aliphatic carbocycles. The lowest BCUT2D eigenvalue weighted by atomic mass is 9.91. The molecule has 2 N–H and O–H groups in total. The maximum absolute atomic E-state index is 11.2. The zero-order valence-corrected chi connectivity index (χ0v) is 10.4. The molecule has 1 aliphatic heterocycles. The van der Waals surface area contributed by atoms with Crippen LogP contribution >= 0.6 is 0 Å². The summed E-state index contributed by atoms with van der Waals surface area (Å²) in [7, 11) is 0. The lowest BCUT2D eigenvalue weighted by Gasteiger charge is -2.16. The fourth-order valence-corrected chi connectivity index (χ4v) is 2.08. The maximum atomic E-state index is 11.2. The van der Waals surface area contributed by atoms with E-state index in [2.05, 4.69) is 10.5 Å². The third-order valence-electron chi connectivity index (χ3n) is 2.98. The topological polar surface area (TPSA) is 70.9 Å². The number of benzene rings is 1. The van der Waals surface area contributed by atoms with Gasteiger partial charge in [0.25, 0.3) is 0 Å². The number of nitrogens with one attached hydrogen (secondary N) is 1. The van der Waals surface area contributed by atoms with Crippen molar-refractivity contribution in [2.45, 2.75) is 19.9 Å². The lowest BCUT2D eigenvalue weighted by Crippen LogP contribution is -2.27. The summed E-state index contributed by atoms with van der Waals surface area (Å²) in [5, 5.41) is 13.2. The number of hydrogen-bond donors (Lipinski definition) is 2. The minimum atomic E-state index is -0.861. The van der Waals surface area contributed by atoms with Crippen molar-refractivity contribution >= 4 is 11.7 Å². The Balaban J connectivity index is 2.19. The van der Waals surface area contributed by atoms with E-state index in [9.17, 15) is 9.90 Å². The Morgan fingerprint density at radius 1 is 1.44 bits per heavy atom. The van der Waals surface area contributed by atoms with Crippen LogP contribution < -0.4 is 10.2 Å². The minimum Gasteiger partial charge on any atom is -0.494 e. The summed E-state index contributed by atoms with van der Waals surface area (Å²) >= 11 is 0. The van der Waals surface area contributed by atoms with Crippen molar-refractivity contribution < 1.29 is 14.6 Å². The third-order valence-corrected chi connectivity index (χ3v) is 2.98. The molecule has 0 spiro atoms. The van der Waals surface area contributed by atoms with E-state index in [0.29, 0.717) is 12.3 Å². The van der Waals surface area contributed by atoms with Crippen molar-refractivity contribution in [3.63, 3.8) is 0 Å². The molecule has 2 rings (SSSR count). The Bertz CT molecular complexity index is 468. The van der Waals surface area contributed by atoms with E-state index >= 15 is 0 Å². The van der Waals surface area contributed by atoms with E-state index < -0.39 is 11.9 Å². The molecule has 96 valence electrons. The van der Waals surface area contributed by atoms with Gasteiger partial charge >= 0.3 is 5.97 Å². The van der Waals surface area contributed by atoms with Gasteiger partial charge in [-0.05, 0) is 31.5 Å². The van der Waals surface area contributed by atoms with Crippen LogP contribution in [0.5, 0.6) is 5.75 Å². The second-order valence-corrected chi connectivity index (χ2v) is 4.18. The van der Waals surface area contributed by atoms with E-state index in [1.807, 2.05) is 31.2 Å². The van der Waals surface area contributed by atoms with Crippen LogP contribution in [0.1, 0.15) is 25.5 Å². The maximum Gasteiger partial charge on any atom is 0.314 e. The highest BCUT2D eigenvalue weighted by Crippen LogP contribution is 2.29. The van der Waals surface area contributed by atoms with Crippen LogP contribution in [-0.2, 0) is 4.79 Å². The van der Waals surface area contributed by atoms with Crippen LogP contribution in [0.2, 0.25) is 0 Å². The van der Waals surface area contributed by atoms with Gasteiger partial charge in [-0.2, -0.15) is 5.10 Å². The Kier molecular flexibility index (Phi) is 3.50. The molecule has 1 aromatic rings. The fraction of sp³-hybridized carbons (Fsp3) is 0.385. The molecule has 0 radical (unpaired) electrons. The second-order valence-electron chi connectivity index (χ2n) is 4.18. The zero-order valence-electron chi connectivity index (χ0n) is 10.4. The first-order chi connectivity index (χ1) is 8.63. The summed E-state index contributed by atoms with van der Waals surface area (Å²) in [6, 6.07) is 7.11. The van der Waals surface area contributed by atoms with Gasteiger partial charge in [-0.15, -0.1) is 0 Å². The molecular weight excluding hydrogens is 232 g/mol. The van der Waals surface area contributed by atoms with Crippen LogP contribution in [0.25, 0.3) is 0 Å². The van der Waals surface area contributed by atoms with E-state index in [1.54, 1.807) is 6.92 Å². The van der Waals surface area contributed by atoms with E-state index in [0.717, 1.165) is 11.3 Å². The highest BCUT2D eigenvalue weighted by molar-refractivity contribution is 6.02. The van der Waals surface area contributed by atoms with Crippen LogP contribution in [0, 0.1) is 5.92 Å².